The van der Waals surface area contributed by atoms with E-state index in [1.165, 1.54) is 0 Å². The van der Waals surface area contributed by atoms with Crippen molar-refractivity contribution in [3.63, 3.8) is 0 Å². The van der Waals surface area contributed by atoms with E-state index in [9.17, 15) is 87.8 Å². The monoisotopic (exact) mass is 618 g/mol. The molecular weight excluding hydrogens is 610 g/mol. The van der Waals surface area contributed by atoms with Gasteiger partial charge >= 0.3 is 62.4 Å². The molecule has 0 saturated heterocycles. The lowest BCUT2D eigenvalue weighted by molar-refractivity contribution is -0.297. The standard InChI is InChI=1S/C12H8B2F20O4/c15-5(16,9(23,24)25)1-35-13(36-2-6(17,18)10(26,27)28)14(37-3-7(19,20)11(29,30)31)38-4-8(21,22)12(32,33)34/h1-4H2. The molecule has 226 valence electrons. The van der Waals surface area contributed by atoms with Crippen LogP contribution in [0.15, 0.2) is 0 Å². The normalized spacial score (nSPS) is 15.2. The Kier molecular flexibility index (Phi) is 11.2. The maximum atomic E-state index is 13.0. The maximum absolute atomic E-state index is 13.0. The minimum absolute atomic E-state index is 3.26. The minimum Gasteiger partial charge on any atom is -0.407 e. The lowest BCUT2D eigenvalue weighted by Gasteiger charge is -2.29. The molecule has 0 aliphatic carbocycles. The van der Waals surface area contributed by atoms with E-state index >= 15 is 0 Å². The lowest BCUT2D eigenvalue weighted by atomic mass is 9.48. The summed E-state index contributed by atoms with van der Waals surface area (Å²) in [7, 11) is -7.99. The van der Waals surface area contributed by atoms with E-state index in [1.807, 2.05) is 0 Å². The molecular formula is C12H8B2F20O4. The van der Waals surface area contributed by atoms with Crippen molar-refractivity contribution in [2.45, 2.75) is 48.4 Å². The van der Waals surface area contributed by atoms with Gasteiger partial charge < -0.3 is 18.6 Å². The fourth-order valence-corrected chi connectivity index (χ4v) is 1.48. The second kappa shape index (κ2) is 11.6. The molecule has 0 unspecified atom stereocenters. The second-order valence-electron chi connectivity index (χ2n) is 6.79. The van der Waals surface area contributed by atoms with Gasteiger partial charge in [0.2, 0.25) is 0 Å². The predicted octanol–water partition coefficient (Wildman–Crippen LogP) is 5.90. The highest BCUT2D eigenvalue weighted by atomic mass is 19.4. The topological polar surface area (TPSA) is 36.9 Å². The van der Waals surface area contributed by atoms with Crippen LogP contribution in [0.2, 0.25) is 0 Å². The van der Waals surface area contributed by atoms with Gasteiger partial charge in [-0.3, -0.25) is 0 Å². The Labute approximate surface area is 196 Å². The summed E-state index contributed by atoms with van der Waals surface area (Å²) in [5.74, 6) is -24.5. The largest absolute Gasteiger partial charge is 0.488 e. The third kappa shape index (κ3) is 9.95. The molecule has 0 aliphatic rings. The highest BCUT2D eigenvalue weighted by Gasteiger charge is 2.63. The fraction of sp³-hybridized carbons (Fsp3) is 1.00. The Hall–Kier alpha value is -1.43. The van der Waals surface area contributed by atoms with Gasteiger partial charge in [0.1, 0.15) is 26.4 Å². The van der Waals surface area contributed by atoms with E-state index in [0.717, 1.165) is 0 Å². The summed E-state index contributed by atoms with van der Waals surface area (Å²) in [6, 6.07) is 0. The highest BCUT2D eigenvalue weighted by Crippen LogP contribution is 2.39. The first-order valence-electron chi connectivity index (χ1n) is 8.62. The molecule has 0 fully saturated rings. The molecule has 0 aliphatic heterocycles. The molecule has 0 N–H and O–H groups in total. The Balaban J connectivity index is 6.29. The molecule has 0 heterocycles. The first-order valence-corrected chi connectivity index (χ1v) is 8.62. The zero-order valence-electron chi connectivity index (χ0n) is 17.2. The van der Waals surface area contributed by atoms with Crippen LogP contribution in [0.1, 0.15) is 0 Å². The maximum Gasteiger partial charge on any atom is 0.488 e. The molecule has 4 nitrogen and oxygen atoms in total. The molecule has 0 aromatic rings. The molecule has 0 radical (unpaired) electrons. The number of hydrogen-bond acceptors (Lipinski definition) is 4. The van der Waals surface area contributed by atoms with Gasteiger partial charge in [-0.1, -0.05) is 0 Å². The average molecular weight is 618 g/mol. The molecule has 0 amide bonds. The number of alkyl halides is 20. The molecule has 0 spiro atoms. The summed E-state index contributed by atoms with van der Waals surface area (Å²) in [6.45, 7) is -13.0. The Morgan fingerprint density at radius 3 is 0.526 bits per heavy atom. The van der Waals surface area contributed by atoms with Crippen molar-refractivity contribution in [1.29, 1.82) is 0 Å². The fourth-order valence-electron chi connectivity index (χ4n) is 1.48. The van der Waals surface area contributed by atoms with Gasteiger partial charge in [0.25, 0.3) is 0 Å². The summed E-state index contributed by atoms with van der Waals surface area (Å²) in [5, 5.41) is 0. The molecule has 26 heteroatoms. The Morgan fingerprint density at radius 1 is 0.289 bits per heavy atom. The summed E-state index contributed by atoms with van der Waals surface area (Å²) in [6.07, 6.45) is -26.5. The van der Waals surface area contributed by atoms with Gasteiger partial charge in [-0.15, -0.1) is 0 Å². The van der Waals surface area contributed by atoms with Gasteiger partial charge in [-0.2, -0.15) is 87.8 Å². The van der Waals surface area contributed by atoms with Crippen LogP contribution < -0.4 is 0 Å². The predicted molar refractivity (Wildman–Crippen MR) is 79.3 cm³/mol. The van der Waals surface area contributed by atoms with E-state index < -0.39 is 88.8 Å². The van der Waals surface area contributed by atoms with Gasteiger partial charge in [-0.25, -0.2) is 0 Å². The molecule has 0 saturated carbocycles. The van der Waals surface area contributed by atoms with Crippen LogP contribution >= 0.6 is 0 Å². The van der Waals surface area contributed by atoms with Crippen molar-refractivity contribution in [3.8, 4) is 0 Å². The molecule has 0 bridgehead atoms. The third-order valence-electron chi connectivity index (χ3n) is 3.60. The molecule has 0 rings (SSSR count). The van der Waals surface area contributed by atoms with Crippen LogP contribution in [0.3, 0.4) is 0 Å². The van der Waals surface area contributed by atoms with E-state index in [0.29, 0.717) is 0 Å². The van der Waals surface area contributed by atoms with Crippen LogP contribution in [0.4, 0.5) is 87.8 Å². The van der Waals surface area contributed by atoms with Crippen molar-refractivity contribution in [1.82, 2.24) is 0 Å². The van der Waals surface area contributed by atoms with Crippen LogP contribution in [0, 0.1) is 0 Å². The second-order valence-corrected chi connectivity index (χ2v) is 6.79. The first-order chi connectivity index (χ1) is 16.4. The summed E-state index contributed by atoms with van der Waals surface area (Å²) < 4.78 is 265. The summed E-state index contributed by atoms with van der Waals surface area (Å²) >= 11 is 0. The van der Waals surface area contributed by atoms with Crippen molar-refractivity contribution in [3.05, 3.63) is 0 Å². The van der Waals surface area contributed by atoms with Crippen molar-refractivity contribution >= 4 is 14.0 Å². The quantitative estimate of drug-likeness (QED) is 0.191. The molecule has 38 heavy (non-hydrogen) atoms. The van der Waals surface area contributed by atoms with Gasteiger partial charge in [0.05, 0.1) is 0 Å². The van der Waals surface area contributed by atoms with E-state index in [1.54, 1.807) is 0 Å². The number of rotatable bonds is 13. The van der Waals surface area contributed by atoms with Gasteiger partial charge in [-0.05, 0) is 0 Å². The minimum atomic E-state index is -6.63. The third-order valence-corrected chi connectivity index (χ3v) is 3.60. The molecule has 0 aromatic heterocycles. The average Bonchev–Trinajstić information content (AvgIpc) is 2.65. The van der Waals surface area contributed by atoms with Crippen LogP contribution in [-0.2, 0) is 18.6 Å². The SMILES string of the molecule is FC(F)(F)C(F)(F)COB(OCC(F)(F)C(F)(F)F)B(OCC(F)(F)C(F)(F)F)OCC(F)(F)C(F)(F)F. The van der Waals surface area contributed by atoms with Crippen molar-refractivity contribution in [2.24, 2.45) is 0 Å². The van der Waals surface area contributed by atoms with Gasteiger partial charge in [0, 0.05) is 0 Å². The van der Waals surface area contributed by atoms with Crippen LogP contribution in [0.25, 0.3) is 0 Å². The first kappa shape index (κ1) is 36.6. The Bertz CT molecular complexity index is 622. The highest BCUT2D eigenvalue weighted by molar-refractivity contribution is 7.10. The van der Waals surface area contributed by atoms with Crippen LogP contribution in [0.5, 0.6) is 0 Å². The van der Waals surface area contributed by atoms with E-state index in [4.69, 9.17) is 0 Å². The summed E-state index contributed by atoms with van der Waals surface area (Å²) in [5.41, 5.74) is 0. The van der Waals surface area contributed by atoms with E-state index in [2.05, 4.69) is 18.6 Å². The Morgan fingerprint density at radius 2 is 0.421 bits per heavy atom. The lowest BCUT2D eigenvalue weighted by Crippen LogP contribution is -2.55. The van der Waals surface area contributed by atoms with E-state index in [-0.39, 0.29) is 0 Å². The zero-order chi connectivity index (χ0) is 30.8. The number of halogens is 20. The molecule has 0 aromatic carbocycles. The molecule has 0 atom stereocenters. The zero-order valence-corrected chi connectivity index (χ0v) is 17.2. The van der Waals surface area contributed by atoms with Crippen molar-refractivity contribution in [2.75, 3.05) is 26.4 Å². The smallest absolute Gasteiger partial charge is 0.407 e. The van der Waals surface area contributed by atoms with Gasteiger partial charge in [0.15, 0.2) is 0 Å². The number of hydrogen-bond donors (Lipinski definition) is 0. The van der Waals surface area contributed by atoms with Crippen molar-refractivity contribution < 1.29 is 106 Å². The van der Waals surface area contributed by atoms with Crippen LogP contribution in [-0.4, -0.2) is 88.8 Å². The summed E-state index contributed by atoms with van der Waals surface area (Å²) in [4.78, 5) is 0.